The van der Waals surface area contributed by atoms with Gasteiger partial charge in [0.2, 0.25) is 5.91 Å². The average Bonchev–Trinajstić information content (AvgIpc) is 3.40. The average molecular weight is 551 g/mol. The Morgan fingerprint density at radius 2 is 1.71 bits per heavy atom. The van der Waals surface area contributed by atoms with Crippen LogP contribution in [0.2, 0.25) is 0 Å². The number of hydrogen-bond donors (Lipinski definition) is 2. The summed E-state index contributed by atoms with van der Waals surface area (Å²) >= 11 is 0. The van der Waals surface area contributed by atoms with Crippen LogP contribution in [0.5, 0.6) is 0 Å². The van der Waals surface area contributed by atoms with Crippen molar-refractivity contribution in [2.45, 2.75) is 51.0 Å². The molecule has 1 saturated carbocycles. The maximum Gasteiger partial charge on any atom is 0.330 e. The molecule has 0 spiro atoms. The SMILES string of the molecule is COC(=O)/C=C/c1ccc(NC(=O)[C@@H](C)NC(=O)c2ccc3c(C4CCCCC4)n(-c4ccccc4)nc3c2)cc1. The highest BCUT2D eigenvalue weighted by atomic mass is 16.5. The topological polar surface area (TPSA) is 102 Å². The van der Waals surface area contributed by atoms with E-state index in [0.29, 0.717) is 17.2 Å². The largest absolute Gasteiger partial charge is 0.466 e. The minimum Gasteiger partial charge on any atom is -0.466 e. The first-order chi connectivity index (χ1) is 19.9. The van der Waals surface area contributed by atoms with Crippen molar-refractivity contribution in [3.05, 3.63) is 95.7 Å². The summed E-state index contributed by atoms with van der Waals surface area (Å²) in [6.07, 6.45) is 8.91. The molecule has 1 atom stereocenters. The van der Waals surface area contributed by atoms with E-state index in [0.717, 1.165) is 35.0 Å². The minimum absolute atomic E-state index is 0.341. The van der Waals surface area contributed by atoms with Gasteiger partial charge in [0, 0.05) is 28.6 Å². The molecule has 2 amide bonds. The maximum absolute atomic E-state index is 13.1. The van der Waals surface area contributed by atoms with Crippen LogP contribution in [0.1, 0.15) is 66.6 Å². The number of aromatic nitrogens is 2. The molecule has 1 heterocycles. The normalized spacial score (nSPS) is 14.6. The first-order valence-electron chi connectivity index (χ1n) is 14.0. The molecule has 0 saturated heterocycles. The van der Waals surface area contributed by atoms with Crippen molar-refractivity contribution >= 4 is 40.4 Å². The van der Waals surface area contributed by atoms with E-state index in [2.05, 4.69) is 27.5 Å². The van der Waals surface area contributed by atoms with Gasteiger partial charge in [-0.05, 0) is 67.8 Å². The quantitative estimate of drug-likeness (QED) is 0.206. The number of anilines is 1. The summed E-state index contributed by atoms with van der Waals surface area (Å²) in [5.74, 6) is -0.702. The predicted octanol–water partition coefficient (Wildman–Crippen LogP) is 6.02. The van der Waals surface area contributed by atoms with Crippen molar-refractivity contribution in [3.8, 4) is 5.69 Å². The first-order valence-corrected chi connectivity index (χ1v) is 14.0. The van der Waals surface area contributed by atoms with Crippen LogP contribution in [0.15, 0.2) is 78.9 Å². The van der Waals surface area contributed by atoms with Crippen molar-refractivity contribution in [1.82, 2.24) is 15.1 Å². The fourth-order valence-electron chi connectivity index (χ4n) is 5.29. The molecular weight excluding hydrogens is 516 g/mol. The molecule has 0 radical (unpaired) electrons. The van der Waals surface area contributed by atoms with E-state index in [-0.39, 0.29) is 11.8 Å². The van der Waals surface area contributed by atoms with E-state index in [1.54, 1.807) is 37.3 Å². The zero-order valence-electron chi connectivity index (χ0n) is 23.3. The van der Waals surface area contributed by atoms with Gasteiger partial charge in [0.15, 0.2) is 0 Å². The highest BCUT2D eigenvalue weighted by Crippen LogP contribution is 2.38. The van der Waals surface area contributed by atoms with Crippen LogP contribution in [0.25, 0.3) is 22.7 Å². The van der Waals surface area contributed by atoms with Crippen LogP contribution in [-0.2, 0) is 14.3 Å². The Morgan fingerprint density at radius 3 is 2.41 bits per heavy atom. The number of carbonyl (C=O) groups excluding carboxylic acids is 3. The number of benzene rings is 3. The molecule has 1 aliphatic carbocycles. The van der Waals surface area contributed by atoms with E-state index in [4.69, 9.17) is 5.10 Å². The standard InChI is InChI=1S/C33H34N4O4/c1-22(32(39)35-26-17-13-23(14-18-26)15-20-30(38)41-2)34-33(40)25-16-19-28-29(21-25)36-37(27-11-7-4-8-12-27)31(28)24-9-5-3-6-10-24/h4,7-8,11-22,24H,3,5-6,9-10H2,1-2H3,(H,34,40)(H,35,39)/b20-15+/t22-/m1/s1. The Kier molecular flexibility index (Phi) is 8.58. The summed E-state index contributed by atoms with van der Waals surface area (Å²) in [7, 11) is 1.32. The molecule has 1 aromatic heterocycles. The third-order valence-corrected chi connectivity index (χ3v) is 7.50. The molecular formula is C33H34N4O4. The first kappa shape index (κ1) is 27.8. The number of amides is 2. The van der Waals surface area contributed by atoms with Crippen molar-refractivity contribution in [2.24, 2.45) is 0 Å². The van der Waals surface area contributed by atoms with Gasteiger partial charge in [-0.1, -0.05) is 55.7 Å². The number of hydrogen-bond acceptors (Lipinski definition) is 5. The number of ether oxygens (including phenoxy) is 1. The number of carbonyl (C=O) groups is 3. The van der Waals surface area contributed by atoms with Gasteiger partial charge in [0.25, 0.3) is 5.91 Å². The highest BCUT2D eigenvalue weighted by molar-refractivity contribution is 6.02. The number of fused-ring (bicyclic) bond motifs is 1. The predicted molar refractivity (Wildman–Crippen MR) is 160 cm³/mol. The monoisotopic (exact) mass is 550 g/mol. The second-order valence-corrected chi connectivity index (χ2v) is 10.4. The van der Waals surface area contributed by atoms with Gasteiger partial charge in [-0.3, -0.25) is 9.59 Å². The zero-order valence-corrected chi connectivity index (χ0v) is 23.3. The van der Waals surface area contributed by atoms with Gasteiger partial charge >= 0.3 is 5.97 Å². The van der Waals surface area contributed by atoms with Gasteiger partial charge in [0.05, 0.1) is 24.0 Å². The Balaban J connectivity index is 1.29. The number of nitrogens with one attached hydrogen (secondary N) is 2. The molecule has 3 aromatic carbocycles. The smallest absolute Gasteiger partial charge is 0.330 e. The summed E-state index contributed by atoms with van der Waals surface area (Å²) in [6, 6.07) is 21.9. The third kappa shape index (κ3) is 6.54. The Morgan fingerprint density at radius 1 is 0.976 bits per heavy atom. The Bertz CT molecular complexity index is 1570. The van der Waals surface area contributed by atoms with Crippen LogP contribution < -0.4 is 10.6 Å². The van der Waals surface area contributed by atoms with Crippen LogP contribution >= 0.6 is 0 Å². The fourth-order valence-corrected chi connectivity index (χ4v) is 5.29. The molecule has 5 rings (SSSR count). The van der Waals surface area contributed by atoms with Gasteiger partial charge in [-0.25, -0.2) is 9.48 Å². The van der Waals surface area contributed by atoms with E-state index in [1.807, 2.05) is 41.1 Å². The Labute approximate surface area is 239 Å². The molecule has 0 bridgehead atoms. The molecule has 41 heavy (non-hydrogen) atoms. The molecule has 4 aromatic rings. The maximum atomic E-state index is 13.1. The summed E-state index contributed by atoms with van der Waals surface area (Å²) < 4.78 is 6.62. The number of para-hydroxylation sites is 1. The second-order valence-electron chi connectivity index (χ2n) is 10.4. The lowest BCUT2D eigenvalue weighted by Gasteiger charge is -2.23. The third-order valence-electron chi connectivity index (χ3n) is 7.50. The van der Waals surface area contributed by atoms with Gasteiger partial charge < -0.3 is 15.4 Å². The molecule has 1 aliphatic rings. The molecule has 0 unspecified atom stereocenters. The van der Waals surface area contributed by atoms with Crippen LogP contribution in [0.3, 0.4) is 0 Å². The van der Waals surface area contributed by atoms with E-state index >= 15 is 0 Å². The molecule has 2 N–H and O–H groups in total. The highest BCUT2D eigenvalue weighted by Gasteiger charge is 2.25. The van der Waals surface area contributed by atoms with E-state index in [1.165, 1.54) is 38.1 Å². The number of rotatable bonds is 8. The van der Waals surface area contributed by atoms with Crippen molar-refractivity contribution in [1.29, 1.82) is 0 Å². The Hall–Kier alpha value is -4.72. The number of nitrogens with zero attached hydrogens (tertiary/aromatic N) is 2. The fraction of sp³-hybridized carbons (Fsp3) is 0.273. The summed E-state index contributed by atoms with van der Waals surface area (Å²) in [4.78, 5) is 37.2. The lowest BCUT2D eigenvalue weighted by Crippen LogP contribution is -2.41. The van der Waals surface area contributed by atoms with Crippen molar-refractivity contribution in [2.75, 3.05) is 12.4 Å². The lowest BCUT2D eigenvalue weighted by molar-refractivity contribution is -0.134. The van der Waals surface area contributed by atoms with Crippen LogP contribution in [0, 0.1) is 0 Å². The summed E-state index contributed by atoms with van der Waals surface area (Å²) in [6.45, 7) is 1.64. The van der Waals surface area contributed by atoms with E-state index in [9.17, 15) is 14.4 Å². The van der Waals surface area contributed by atoms with Crippen molar-refractivity contribution in [3.63, 3.8) is 0 Å². The number of esters is 1. The number of methoxy groups -OCH3 is 1. The van der Waals surface area contributed by atoms with Crippen LogP contribution in [-0.4, -0.2) is 40.7 Å². The van der Waals surface area contributed by atoms with E-state index < -0.39 is 12.0 Å². The zero-order chi connectivity index (χ0) is 28.8. The van der Waals surface area contributed by atoms with Crippen LogP contribution in [0.4, 0.5) is 5.69 Å². The second kappa shape index (κ2) is 12.6. The van der Waals surface area contributed by atoms with Gasteiger partial charge in [0.1, 0.15) is 6.04 Å². The molecule has 8 nitrogen and oxygen atoms in total. The molecule has 210 valence electrons. The van der Waals surface area contributed by atoms with Gasteiger partial charge in [-0.2, -0.15) is 5.10 Å². The van der Waals surface area contributed by atoms with Gasteiger partial charge in [-0.15, -0.1) is 0 Å². The lowest BCUT2D eigenvalue weighted by atomic mass is 9.85. The summed E-state index contributed by atoms with van der Waals surface area (Å²) in [5.41, 5.74) is 4.79. The molecule has 0 aliphatic heterocycles. The minimum atomic E-state index is -0.767. The summed E-state index contributed by atoms with van der Waals surface area (Å²) in [5, 5.41) is 11.6. The van der Waals surface area contributed by atoms with Crippen molar-refractivity contribution < 1.29 is 19.1 Å². The molecule has 1 fully saturated rings. The molecule has 8 heteroatoms.